The Morgan fingerprint density at radius 2 is 1.54 bits per heavy atom. The number of hydrogen-bond acceptors (Lipinski definition) is 10. The van der Waals surface area contributed by atoms with Crippen LogP contribution in [0.4, 0.5) is 0 Å². The minimum atomic E-state index is -5.01. The van der Waals surface area contributed by atoms with Gasteiger partial charge in [-0.2, -0.15) is 0 Å². The molecule has 1 aromatic carbocycles. The molecule has 0 aromatic heterocycles. The number of aliphatic imine (C=N–C) groups is 1. The lowest BCUT2D eigenvalue weighted by atomic mass is 9.94. The number of para-hydroxylation sites is 1. The lowest BCUT2D eigenvalue weighted by molar-refractivity contribution is -0.316. The topological polar surface area (TPSA) is 274 Å². The van der Waals surface area contributed by atoms with Crippen LogP contribution in [-0.4, -0.2) is 85.6 Å². The van der Waals surface area contributed by atoms with Gasteiger partial charge in [-0.25, -0.2) is 4.57 Å². The first-order valence-corrected chi connectivity index (χ1v) is 13.8. The number of guanidine groups is 1. The van der Waals surface area contributed by atoms with Gasteiger partial charge in [0, 0.05) is 6.54 Å². The van der Waals surface area contributed by atoms with Crippen LogP contribution in [0.2, 0.25) is 0 Å². The summed E-state index contributed by atoms with van der Waals surface area (Å²) in [6.07, 6.45) is -7.72. The zero-order valence-electron chi connectivity index (χ0n) is 22.3. The first-order valence-electron chi connectivity index (χ1n) is 12.2. The van der Waals surface area contributed by atoms with Gasteiger partial charge in [-0.05, 0) is 35.8 Å². The molecule has 0 saturated carbocycles. The van der Waals surface area contributed by atoms with Gasteiger partial charge in [0.2, 0.25) is 12.6 Å². The van der Waals surface area contributed by atoms with Crippen LogP contribution >= 0.6 is 7.82 Å². The number of ether oxygens (including phenoxy) is 2. The molecule has 1 aromatic rings. The molecule has 6 atom stereocenters. The maximum absolute atomic E-state index is 11.1. The van der Waals surface area contributed by atoms with E-state index in [1.165, 1.54) is 0 Å². The zero-order chi connectivity index (χ0) is 30.1. The van der Waals surface area contributed by atoms with Gasteiger partial charge in [0.25, 0.3) is 0 Å². The Morgan fingerprint density at radius 1 is 1.03 bits per heavy atom. The van der Waals surface area contributed by atoms with Gasteiger partial charge < -0.3 is 56.9 Å². The quantitative estimate of drug-likeness (QED) is 0.0700. The highest BCUT2D eigenvalue weighted by molar-refractivity contribution is 7.46. The van der Waals surface area contributed by atoms with Gasteiger partial charge in [-0.1, -0.05) is 45.9 Å². The summed E-state index contributed by atoms with van der Waals surface area (Å²) in [5.41, 5.74) is 17.0. The summed E-state index contributed by atoms with van der Waals surface area (Å²) in [6, 6.07) is 4.78. The Morgan fingerprint density at radius 3 is 1.97 bits per heavy atom. The van der Waals surface area contributed by atoms with Gasteiger partial charge in [-0.3, -0.25) is 14.3 Å². The summed E-state index contributed by atoms with van der Waals surface area (Å²) < 4.78 is 26.5. The normalized spacial score (nSPS) is 24.1. The third-order valence-electron chi connectivity index (χ3n) is 5.61. The molecule has 15 nitrogen and oxygen atoms in total. The summed E-state index contributed by atoms with van der Waals surface area (Å²) >= 11 is 0. The van der Waals surface area contributed by atoms with E-state index >= 15 is 0 Å². The van der Waals surface area contributed by atoms with Crippen molar-refractivity contribution < 1.29 is 53.6 Å². The van der Waals surface area contributed by atoms with Crippen molar-refractivity contribution in [2.75, 3.05) is 6.54 Å². The highest BCUT2D eigenvalue weighted by Gasteiger charge is 2.48. The fourth-order valence-corrected chi connectivity index (χ4v) is 3.96. The minimum absolute atomic E-state index is 0.0129. The Balaban J connectivity index is 0.000000534. The van der Waals surface area contributed by atoms with Crippen molar-refractivity contribution >= 4 is 19.8 Å². The minimum Gasteiger partial charge on any atom is -0.480 e. The number of carboxylic acids is 1. The van der Waals surface area contributed by atoms with Crippen molar-refractivity contribution in [3.63, 3.8) is 0 Å². The highest BCUT2D eigenvalue weighted by Crippen LogP contribution is 2.42. The first kappa shape index (κ1) is 34.7. The molecule has 2 rings (SSSR count). The molecule has 39 heavy (non-hydrogen) atoms. The molecule has 5 unspecified atom stereocenters. The van der Waals surface area contributed by atoms with E-state index in [2.05, 4.69) is 9.52 Å². The van der Waals surface area contributed by atoms with E-state index in [4.69, 9.17) is 41.6 Å². The largest absolute Gasteiger partial charge is 0.480 e. The molecule has 1 aliphatic heterocycles. The van der Waals surface area contributed by atoms with E-state index in [0.717, 1.165) is 11.1 Å². The molecule has 1 fully saturated rings. The van der Waals surface area contributed by atoms with Crippen molar-refractivity contribution in [3.8, 4) is 5.75 Å². The monoisotopic (exact) mass is 580 g/mol. The lowest BCUT2D eigenvalue weighted by Crippen LogP contribution is -2.59. The number of benzene rings is 1. The van der Waals surface area contributed by atoms with Gasteiger partial charge in [0.1, 0.15) is 30.1 Å². The Kier molecular flexibility index (Phi) is 13.8. The number of aliphatic carboxylic acids is 1. The summed E-state index contributed by atoms with van der Waals surface area (Å²) in [7, 11) is -5.01. The average Bonchev–Trinajstić information content (AvgIpc) is 2.82. The summed E-state index contributed by atoms with van der Waals surface area (Å²) in [6.45, 7) is 8.26. The molecule has 1 saturated heterocycles. The van der Waals surface area contributed by atoms with E-state index in [1.54, 1.807) is 0 Å². The molecule has 0 radical (unpaired) electrons. The number of nitrogens with zero attached hydrogens (tertiary/aromatic N) is 1. The number of aliphatic hydroxyl groups is 3. The predicted molar refractivity (Wildman–Crippen MR) is 141 cm³/mol. The summed E-state index contributed by atoms with van der Waals surface area (Å²) in [5, 5.41) is 38.5. The second-order valence-electron chi connectivity index (χ2n) is 9.53. The number of phosphoric acid groups is 1. The molecule has 0 spiro atoms. The number of phosphoric ester groups is 1. The Bertz CT molecular complexity index is 974. The van der Waals surface area contributed by atoms with Crippen LogP contribution in [0.3, 0.4) is 0 Å². The summed E-state index contributed by atoms with van der Waals surface area (Å²) in [4.78, 5) is 31.8. The predicted octanol–water partition coefficient (Wildman–Crippen LogP) is -0.361. The van der Waals surface area contributed by atoms with Crippen LogP contribution in [0.5, 0.6) is 5.75 Å². The maximum atomic E-state index is 11.1. The molecule has 0 amide bonds. The van der Waals surface area contributed by atoms with E-state index < -0.39 is 50.7 Å². The standard InChI is InChI=1S/C17H27O9P.C6H14N4O2/c1-8(2)10-6-5-7-11(9(3)4)15(10)24-16-13(19)12(18)14(20)17(25-16)26-27(21,22)23;7-4(5(11)12)2-1-3-10-6(8)9/h5-9,12-14,16-20H,1-4H3,(H2,21,22,23);4H,1-3,7H2,(H,11,12)(H4,8,9,10)/t;4-/m.0/s1. The van der Waals surface area contributed by atoms with Crippen molar-refractivity contribution in [3.05, 3.63) is 29.3 Å². The molecule has 0 bridgehead atoms. The SMILES string of the molecule is CC(C)c1cccc(C(C)C)c1OC1OC(OP(=O)(O)O)C(O)C(O)C1O.NC(N)=NCCC[C@H](N)C(=O)O. The van der Waals surface area contributed by atoms with Gasteiger partial charge >= 0.3 is 13.8 Å². The second-order valence-corrected chi connectivity index (χ2v) is 10.7. The number of carboxylic acid groups (broad SMARTS) is 1. The molecule has 1 aliphatic rings. The third-order valence-corrected chi connectivity index (χ3v) is 6.09. The van der Waals surface area contributed by atoms with Crippen LogP contribution in [0, 0.1) is 0 Å². The molecule has 224 valence electrons. The molecular weight excluding hydrogens is 539 g/mol. The third kappa shape index (κ3) is 11.4. The Labute approximate surface area is 226 Å². The summed E-state index contributed by atoms with van der Waals surface area (Å²) in [5.74, 6) is -0.377. The van der Waals surface area contributed by atoms with Gasteiger partial charge in [0.05, 0.1) is 0 Å². The first-order chi connectivity index (χ1) is 18.0. The van der Waals surface area contributed by atoms with Crippen LogP contribution in [0.25, 0.3) is 0 Å². The molecule has 12 N–H and O–H groups in total. The molecule has 1 heterocycles. The molecule has 0 aliphatic carbocycles. The lowest BCUT2D eigenvalue weighted by Gasteiger charge is -2.40. The van der Waals surface area contributed by atoms with E-state index in [1.807, 2.05) is 45.9 Å². The fraction of sp³-hybridized carbons (Fsp3) is 0.652. The fourth-order valence-electron chi connectivity index (χ4n) is 3.52. The smallest absolute Gasteiger partial charge is 0.472 e. The maximum Gasteiger partial charge on any atom is 0.472 e. The van der Waals surface area contributed by atoms with E-state index in [-0.39, 0.29) is 17.8 Å². The van der Waals surface area contributed by atoms with Gasteiger partial charge in [0.15, 0.2) is 5.96 Å². The van der Waals surface area contributed by atoms with Gasteiger partial charge in [-0.15, -0.1) is 0 Å². The highest BCUT2D eigenvalue weighted by atomic mass is 31.2. The zero-order valence-corrected chi connectivity index (χ0v) is 23.2. The van der Waals surface area contributed by atoms with Crippen molar-refractivity contribution in [2.45, 2.75) is 89.3 Å². The number of aliphatic hydroxyl groups excluding tert-OH is 3. The van der Waals surface area contributed by atoms with Crippen LogP contribution in [0.15, 0.2) is 23.2 Å². The Hall–Kier alpha value is -2.33. The number of nitrogens with two attached hydrogens (primary N) is 3. The van der Waals surface area contributed by atoms with Crippen molar-refractivity contribution in [2.24, 2.45) is 22.2 Å². The second kappa shape index (κ2) is 15.5. The number of rotatable bonds is 11. The van der Waals surface area contributed by atoms with Crippen LogP contribution in [0.1, 0.15) is 63.5 Å². The van der Waals surface area contributed by atoms with Crippen molar-refractivity contribution in [1.82, 2.24) is 0 Å². The van der Waals surface area contributed by atoms with Crippen LogP contribution < -0.4 is 21.9 Å². The van der Waals surface area contributed by atoms with Crippen molar-refractivity contribution in [1.29, 1.82) is 0 Å². The molecule has 16 heteroatoms. The van der Waals surface area contributed by atoms with Crippen LogP contribution in [-0.2, 0) is 18.6 Å². The number of hydrogen-bond donors (Lipinski definition) is 9. The van der Waals surface area contributed by atoms with E-state index in [0.29, 0.717) is 25.1 Å². The number of carbonyl (C=O) groups is 1. The average molecular weight is 581 g/mol. The van der Waals surface area contributed by atoms with E-state index in [9.17, 15) is 24.7 Å². The molecular formula is C23H41N4O11P.